The van der Waals surface area contributed by atoms with Gasteiger partial charge in [-0.05, 0) is 84.6 Å². The average Bonchev–Trinajstić information content (AvgIpc) is 3.09. The van der Waals surface area contributed by atoms with E-state index in [9.17, 15) is 4.79 Å². The van der Waals surface area contributed by atoms with Gasteiger partial charge in [-0.2, -0.15) is 0 Å². The summed E-state index contributed by atoms with van der Waals surface area (Å²) < 4.78 is 0. The van der Waals surface area contributed by atoms with E-state index in [1.54, 1.807) is 11.1 Å². The van der Waals surface area contributed by atoms with Crippen LogP contribution in [-0.2, 0) is 11.2 Å². The van der Waals surface area contributed by atoms with Crippen LogP contribution in [0.3, 0.4) is 0 Å². The maximum atomic E-state index is 12.4. The molecule has 1 heterocycles. The van der Waals surface area contributed by atoms with Gasteiger partial charge in [0.05, 0.1) is 0 Å². The molecule has 22 heavy (non-hydrogen) atoms. The van der Waals surface area contributed by atoms with Gasteiger partial charge >= 0.3 is 0 Å². The lowest BCUT2D eigenvalue weighted by Crippen LogP contribution is -2.42. The molecule has 2 nitrogen and oxygen atoms in total. The van der Waals surface area contributed by atoms with Crippen molar-refractivity contribution in [2.45, 2.75) is 51.4 Å². The Kier molecular flexibility index (Phi) is 2.49. The van der Waals surface area contributed by atoms with Gasteiger partial charge in [-0.25, -0.2) is 0 Å². The number of hydrogen-bond acceptors (Lipinski definition) is 1. The van der Waals surface area contributed by atoms with E-state index in [4.69, 9.17) is 0 Å². The van der Waals surface area contributed by atoms with Crippen molar-refractivity contribution in [2.24, 2.45) is 17.3 Å². The van der Waals surface area contributed by atoms with E-state index < -0.39 is 0 Å². The highest BCUT2D eigenvalue weighted by atomic mass is 16.1. The second-order valence-corrected chi connectivity index (χ2v) is 7.95. The molecule has 2 heteroatoms. The molecule has 3 unspecified atom stereocenters. The van der Waals surface area contributed by atoms with E-state index in [-0.39, 0.29) is 5.41 Å². The van der Waals surface area contributed by atoms with E-state index in [1.807, 2.05) is 6.20 Å². The number of aromatic amines is 1. The van der Waals surface area contributed by atoms with Crippen LogP contribution in [0.1, 0.15) is 56.1 Å². The van der Waals surface area contributed by atoms with Gasteiger partial charge in [-0.15, -0.1) is 0 Å². The highest BCUT2D eigenvalue weighted by Crippen LogP contribution is 2.59. The van der Waals surface area contributed by atoms with Gasteiger partial charge in [-0.1, -0.05) is 6.92 Å². The maximum absolute atomic E-state index is 12.4. The minimum atomic E-state index is -0.00312. The number of aromatic nitrogens is 1. The third kappa shape index (κ3) is 1.53. The maximum Gasteiger partial charge on any atom is 0.139 e. The number of hydrogen-bond donors (Lipinski definition) is 1. The highest BCUT2D eigenvalue weighted by molar-refractivity contribution is 5.87. The largest absolute Gasteiger partial charge is 0.361 e. The molecule has 0 spiro atoms. The Morgan fingerprint density at radius 1 is 1.18 bits per heavy atom. The van der Waals surface area contributed by atoms with Gasteiger partial charge in [0.15, 0.2) is 0 Å². The smallest absolute Gasteiger partial charge is 0.139 e. The molecule has 0 radical (unpaired) electrons. The Morgan fingerprint density at radius 3 is 3.00 bits per heavy atom. The van der Waals surface area contributed by atoms with E-state index in [0.717, 1.165) is 25.2 Å². The molecule has 4 atom stereocenters. The van der Waals surface area contributed by atoms with Crippen molar-refractivity contribution in [3.05, 3.63) is 35.5 Å². The van der Waals surface area contributed by atoms with Gasteiger partial charge in [0.2, 0.25) is 0 Å². The molecular weight excluding hydrogens is 270 g/mol. The van der Waals surface area contributed by atoms with Crippen molar-refractivity contribution >= 4 is 16.7 Å². The summed E-state index contributed by atoms with van der Waals surface area (Å²) in [7, 11) is 0. The van der Waals surface area contributed by atoms with Crippen LogP contribution < -0.4 is 0 Å². The molecule has 3 aliphatic carbocycles. The fourth-order valence-corrected chi connectivity index (χ4v) is 5.89. The molecular formula is C20H23NO. The second kappa shape index (κ2) is 4.24. The number of H-pyrrole nitrogens is 1. The zero-order valence-corrected chi connectivity index (χ0v) is 13.2. The normalized spacial score (nSPS) is 37.0. The fourth-order valence-electron chi connectivity index (χ4n) is 5.89. The topological polar surface area (TPSA) is 32.9 Å². The standard InChI is InChI=1S/C20H23NO/c1-20-8-6-14-15(17(20)4-5-19(20)22)3-2-12-11-18-13(7-9-21-18)10-16(12)14/h7,9-11,14-15,17,21H,2-6,8H2,1H3/t14?,15?,17?,20-/m0/s1. The summed E-state index contributed by atoms with van der Waals surface area (Å²) in [6.45, 7) is 2.26. The number of benzene rings is 1. The lowest BCUT2D eigenvalue weighted by molar-refractivity contribution is -0.129. The van der Waals surface area contributed by atoms with Gasteiger partial charge in [0.25, 0.3) is 0 Å². The Balaban J connectivity index is 1.60. The molecule has 2 saturated carbocycles. The number of nitrogens with one attached hydrogen (secondary N) is 1. The summed E-state index contributed by atoms with van der Waals surface area (Å²) in [5, 5.41) is 1.34. The van der Waals surface area contributed by atoms with Crippen LogP contribution in [0, 0.1) is 17.3 Å². The molecule has 0 bridgehead atoms. The molecule has 0 saturated heterocycles. The van der Waals surface area contributed by atoms with Gasteiger partial charge in [0.1, 0.15) is 5.78 Å². The Bertz CT molecular complexity index is 773. The third-order valence-electron chi connectivity index (χ3n) is 7.11. The first-order valence-corrected chi connectivity index (χ1v) is 8.80. The first-order valence-electron chi connectivity index (χ1n) is 8.80. The number of carbonyl (C=O) groups excluding carboxylic acids is 1. The van der Waals surface area contributed by atoms with Crippen molar-refractivity contribution in [3.63, 3.8) is 0 Å². The van der Waals surface area contributed by atoms with Crippen molar-refractivity contribution < 1.29 is 4.79 Å². The lowest BCUT2D eigenvalue weighted by atomic mass is 9.55. The van der Waals surface area contributed by atoms with Crippen LogP contribution in [0.2, 0.25) is 0 Å². The summed E-state index contributed by atoms with van der Waals surface area (Å²) in [6.07, 6.45) is 8.77. The quantitative estimate of drug-likeness (QED) is 0.757. The van der Waals surface area contributed by atoms with Crippen LogP contribution in [0.25, 0.3) is 10.9 Å². The van der Waals surface area contributed by atoms with Gasteiger partial charge < -0.3 is 4.98 Å². The van der Waals surface area contributed by atoms with Crippen LogP contribution >= 0.6 is 0 Å². The molecule has 114 valence electrons. The Morgan fingerprint density at radius 2 is 2.09 bits per heavy atom. The molecule has 3 aliphatic rings. The SMILES string of the molecule is C[C@]12CCC3c4cc5cc[nH]c5cc4CCC3C1CCC2=O. The number of ketones is 1. The average molecular weight is 293 g/mol. The number of aryl methyl sites for hydroxylation is 1. The minimum absolute atomic E-state index is 0.00312. The van der Waals surface area contributed by atoms with Crippen molar-refractivity contribution in [1.82, 2.24) is 4.98 Å². The van der Waals surface area contributed by atoms with Gasteiger partial charge in [-0.3, -0.25) is 4.79 Å². The predicted octanol–water partition coefficient (Wildman–Crippen LogP) is 4.59. The van der Waals surface area contributed by atoms with E-state index in [2.05, 4.69) is 30.1 Å². The van der Waals surface area contributed by atoms with Crippen molar-refractivity contribution in [1.29, 1.82) is 0 Å². The third-order valence-corrected chi connectivity index (χ3v) is 7.11. The zero-order chi connectivity index (χ0) is 14.9. The number of carbonyl (C=O) groups is 1. The van der Waals surface area contributed by atoms with Crippen LogP contribution in [0.15, 0.2) is 24.4 Å². The first-order chi connectivity index (χ1) is 10.7. The van der Waals surface area contributed by atoms with Crippen molar-refractivity contribution in [2.75, 3.05) is 0 Å². The molecule has 0 aliphatic heterocycles. The summed E-state index contributed by atoms with van der Waals surface area (Å²) in [6, 6.07) is 6.98. The van der Waals surface area contributed by atoms with Crippen molar-refractivity contribution in [3.8, 4) is 0 Å². The minimum Gasteiger partial charge on any atom is -0.361 e. The zero-order valence-electron chi connectivity index (χ0n) is 13.2. The molecule has 5 rings (SSSR count). The van der Waals surface area contributed by atoms with Crippen LogP contribution in [0.5, 0.6) is 0 Å². The number of fused-ring (bicyclic) bond motifs is 6. The summed E-state index contributed by atoms with van der Waals surface area (Å²) >= 11 is 0. The molecule has 1 N–H and O–H groups in total. The second-order valence-electron chi connectivity index (χ2n) is 7.95. The van der Waals surface area contributed by atoms with Crippen LogP contribution in [0.4, 0.5) is 0 Å². The highest BCUT2D eigenvalue weighted by Gasteiger charge is 2.54. The molecule has 1 aromatic carbocycles. The van der Waals surface area contributed by atoms with Crippen LogP contribution in [-0.4, -0.2) is 10.8 Å². The summed E-state index contributed by atoms with van der Waals surface area (Å²) in [5.41, 5.74) is 4.40. The van der Waals surface area contributed by atoms with E-state index in [1.165, 1.54) is 30.2 Å². The Hall–Kier alpha value is -1.57. The summed E-state index contributed by atoms with van der Waals surface area (Å²) in [5.74, 6) is 2.60. The molecule has 1 aromatic heterocycles. The predicted molar refractivity (Wildman–Crippen MR) is 87.9 cm³/mol. The lowest BCUT2D eigenvalue weighted by Gasteiger charge is -2.48. The molecule has 0 amide bonds. The van der Waals surface area contributed by atoms with Gasteiger partial charge in [0, 0.05) is 23.5 Å². The number of rotatable bonds is 0. The monoisotopic (exact) mass is 293 g/mol. The molecule has 2 fully saturated rings. The number of Topliss-reactive ketones (excluding diaryl/α,β-unsaturated/α-hetero) is 1. The van der Waals surface area contributed by atoms with E-state index in [0.29, 0.717) is 17.6 Å². The van der Waals surface area contributed by atoms with E-state index >= 15 is 0 Å². The fraction of sp³-hybridized carbons (Fsp3) is 0.550. The summed E-state index contributed by atoms with van der Waals surface area (Å²) in [4.78, 5) is 15.7. The first kappa shape index (κ1) is 12.9. The molecule has 2 aromatic rings. The Labute approximate surface area is 131 Å².